The Kier molecular flexibility index (Phi) is 7.25. The predicted molar refractivity (Wildman–Crippen MR) is 125 cm³/mol. The maximum atomic E-state index is 13.1. The van der Waals surface area contributed by atoms with Gasteiger partial charge in [-0.15, -0.1) is 0 Å². The Hall–Kier alpha value is -2.26. The predicted octanol–water partition coefficient (Wildman–Crippen LogP) is 1.73. The molecule has 2 fully saturated rings. The van der Waals surface area contributed by atoms with E-state index in [0.29, 0.717) is 31.1 Å². The molecule has 0 N–H and O–H groups in total. The summed E-state index contributed by atoms with van der Waals surface area (Å²) >= 11 is 0. The molecule has 0 aliphatic carbocycles. The molecule has 0 spiro atoms. The molecular weight excluding hydrogens is 424 g/mol. The van der Waals surface area contributed by atoms with Crippen LogP contribution in [-0.4, -0.2) is 91.7 Å². The lowest BCUT2D eigenvalue weighted by Crippen LogP contribution is -2.57. The van der Waals surface area contributed by atoms with E-state index in [0.717, 1.165) is 32.7 Å². The summed E-state index contributed by atoms with van der Waals surface area (Å²) in [7, 11) is -3.50. The Bertz CT molecular complexity index is 984. The second-order valence-corrected chi connectivity index (χ2v) is 10.5. The second kappa shape index (κ2) is 10.1. The van der Waals surface area contributed by atoms with Crippen LogP contribution in [0.2, 0.25) is 0 Å². The maximum Gasteiger partial charge on any atom is 0.243 e. The van der Waals surface area contributed by atoms with Crippen molar-refractivity contribution in [3.05, 3.63) is 66.2 Å². The van der Waals surface area contributed by atoms with Crippen molar-refractivity contribution >= 4 is 15.9 Å². The Morgan fingerprint density at radius 1 is 0.812 bits per heavy atom. The van der Waals surface area contributed by atoms with E-state index in [-0.39, 0.29) is 11.9 Å². The molecule has 2 aliphatic rings. The minimum absolute atomic E-state index is 0.0956. The quantitative estimate of drug-likeness (QED) is 0.663. The van der Waals surface area contributed by atoms with Gasteiger partial charge in [0.05, 0.1) is 10.9 Å². The number of carbonyl (C=O) groups excluding carboxylic acids is 1. The fourth-order valence-corrected chi connectivity index (χ4v) is 5.90. The monoisotopic (exact) mass is 456 g/mol. The number of rotatable bonds is 6. The number of piperazine rings is 2. The van der Waals surface area contributed by atoms with E-state index in [1.807, 2.05) is 17.9 Å². The van der Waals surface area contributed by atoms with Gasteiger partial charge in [0, 0.05) is 58.9 Å². The lowest BCUT2D eigenvalue weighted by atomic mass is 10.1. The Balaban J connectivity index is 1.26. The van der Waals surface area contributed by atoms with Gasteiger partial charge in [0.15, 0.2) is 0 Å². The number of carbonyl (C=O) groups is 1. The molecule has 32 heavy (non-hydrogen) atoms. The van der Waals surface area contributed by atoms with Crippen molar-refractivity contribution in [2.45, 2.75) is 24.4 Å². The first-order valence-electron chi connectivity index (χ1n) is 11.3. The Morgan fingerprint density at radius 2 is 1.38 bits per heavy atom. The van der Waals surface area contributed by atoms with Crippen molar-refractivity contribution in [3.63, 3.8) is 0 Å². The minimum atomic E-state index is -3.50. The van der Waals surface area contributed by atoms with Gasteiger partial charge in [-0.05, 0) is 24.6 Å². The average molecular weight is 457 g/mol. The molecule has 0 saturated carbocycles. The number of benzene rings is 2. The van der Waals surface area contributed by atoms with Gasteiger partial charge in [-0.3, -0.25) is 14.6 Å². The zero-order valence-corrected chi connectivity index (χ0v) is 19.5. The summed E-state index contributed by atoms with van der Waals surface area (Å²) in [5.41, 5.74) is 1.31. The van der Waals surface area contributed by atoms with Crippen molar-refractivity contribution in [2.75, 3.05) is 52.4 Å². The highest BCUT2D eigenvalue weighted by atomic mass is 32.2. The number of nitrogens with zero attached hydrogens (tertiary/aromatic N) is 4. The number of hydrogen-bond acceptors (Lipinski definition) is 5. The fraction of sp³-hybridized carbons (Fsp3) is 0.458. The van der Waals surface area contributed by atoms with E-state index < -0.39 is 10.0 Å². The maximum absolute atomic E-state index is 13.1. The van der Waals surface area contributed by atoms with E-state index in [4.69, 9.17) is 0 Å². The third kappa shape index (κ3) is 5.20. The first-order chi connectivity index (χ1) is 15.4. The van der Waals surface area contributed by atoms with Crippen LogP contribution in [0.5, 0.6) is 0 Å². The molecule has 0 aromatic heterocycles. The third-order valence-corrected chi connectivity index (χ3v) is 8.41. The molecule has 172 valence electrons. The van der Waals surface area contributed by atoms with Crippen molar-refractivity contribution < 1.29 is 13.2 Å². The first kappa shape index (κ1) is 22.9. The van der Waals surface area contributed by atoms with Crippen molar-refractivity contribution in [1.82, 2.24) is 19.0 Å². The van der Waals surface area contributed by atoms with Gasteiger partial charge in [0.25, 0.3) is 0 Å². The van der Waals surface area contributed by atoms with Gasteiger partial charge in [0.1, 0.15) is 0 Å². The smallest absolute Gasteiger partial charge is 0.243 e. The van der Waals surface area contributed by atoms with E-state index in [1.54, 1.807) is 30.3 Å². The Labute approximate surface area is 191 Å². The molecule has 8 heteroatoms. The highest BCUT2D eigenvalue weighted by molar-refractivity contribution is 7.89. The molecule has 0 bridgehead atoms. The number of amides is 1. The summed E-state index contributed by atoms with van der Waals surface area (Å²) in [6, 6.07) is 18.8. The summed E-state index contributed by atoms with van der Waals surface area (Å²) in [5, 5.41) is 0. The summed E-state index contributed by atoms with van der Waals surface area (Å²) < 4.78 is 27.1. The van der Waals surface area contributed by atoms with Crippen LogP contribution in [0.4, 0.5) is 0 Å². The van der Waals surface area contributed by atoms with Gasteiger partial charge >= 0.3 is 0 Å². The lowest BCUT2D eigenvalue weighted by molar-refractivity contribution is -0.138. The van der Waals surface area contributed by atoms with Crippen molar-refractivity contribution in [1.29, 1.82) is 0 Å². The fourth-order valence-electron chi connectivity index (χ4n) is 4.46. The summed E-state index contributed by atoms with van der Waals surface area (Å²) in [6.07, 6.45) is 0. The lowest BCUT2D eigenvalue weighted by Gasteiger charge is -2.40. The molecule has 2 aliphatic heterocycles. The summed E-state index contributed by atoms with van der Waals surface area (Å²) in [6.45, 7) is 8.06. The summed E-state index contributed by atoms with van der Waals surface area (Å²) in [4.78, 5) is 19.9. The van der Waals surface area contributed by atoms with E-state index >= 15 is 0 Å². The van der Waals surface area contributed by atoms with Gasteiger partial charge in [0.2, 0.25) is 15.9 Å². The number of sulfonamides is 1. The topological polar surface area (TPSA) is 64.2 Å². The average Bonchev–Trinajstić information content (AvgIpc) is 2.85. The molecule has 0 unspecified atom stereocenters. The van der Waals surface area contributed by atoms with E-state index in [1.165, 1.54) is 9.87 Å². The molecule has 4 rings (SSSR count). The van der Waals surface area contributed by atoms with Gasteiger partial charge in [-0.25, -0.2) is 8.42 Å². The van der Waals surface area contributed by atoms with Crippen LogP contribution in [0.3, 0.4) is 0 Å². The molecule has 2 aromatic carbocycles. The minimum Gasteiger partial charge on any atom is -0.339 e. The van der Waals surface area contributed by atoms with E-state index in [2.05, 4.69) is 34.1 Å². The van der Waals surface area contributed by atoms with Gasteiger partial charge in [-0.2, -0.15) is 4.31 Å². The zero-order valence-electron chi connectivity index (χ0n) is 18.6. The molecule has 1 amide bonds. The molecule has 2 saturated heterocycles. The highest BCUT2D eigenvalue weighted by Gasteiger charge is 2.33. The SMILES string of the molecule is C[C@@H](C(=O)N1CCN(S(=O)(=O)c2ccccc2)CC1)N1CCN(Cc2ccccc2)CC1. The van der Waals surface area contributed by atoms with Crippen LogP contribution in [0.1, 0.15) is 12.5 Å². The van der Waals surface area contributed by atoms with E-state index in [9.17, 15) is 13.2 Å². The van der Waals surface area contributed by atoms with Gasteiger partial charge < -0.3 is 4.90 Å². The normalized spacial score (nSPS) is 20.2. The molecule has 2 aromatic rings. The Morgan fingerprint density at radius 3 is 1.97 bits per heavy atom. The van der Waals surface area contributed by atoms with Crippen LogP contribution >= 0.6 is 0 Å². The summed E-state index contributed by atoms with van der Waals surface area (Å²) in [5.74, 6) is 0.0956. The number of hydrogen-bond donors (Lipinski definition) is 0. The van der Waals surface area contributed by atoms with Crippen molar-refractivity contribution in [3.8, 4) is 0 Å². The molecule has 7 nitrogen and oxygen atoms in total. The van der Waals surface area contributed by atoms with Crippen LogP contribution in [0, 0.1) is 0 Å². The second-order valence-electron chi connectivity index (χ2n) is 8.52. The van der Waals surface area contributed by atoms with Crippen LogP contribution in [0.25, 0.3) is 0 Å². The molecule has 2 heterocycles. The largest absolute Gasteiger partial charge is 0.339 e. The van der Waals surface area contributed by atoms with Crippen LogP contribution < -0.4 is 0 Å². The standard InChI is InChI=1S/C24H32N4O3S/c1-21(26-14-12-25(13-15-26)20-22-8-4-2-5-9-22)24(29)27-16-18-28(19-17-27)32(30,31)23-10-6-3-7-11-23/h2-11,21H,12-20H2,1H3/t21-/m0/s1. The van der Waals surface area contributed by atoms with Crippen LogP contribution in [-0.2, 0) is 21.4 Å². The highest BCUT2D eigenvalue weighted by Crippen LogP contribution is 2.18. The third-order valence-electron chi connectivity index (χ3n) is 6.49. The molecule has 0 radical (unpaired) electrons. The van der Waals surface area contributed by atoms with Gasteiger partial charge in [-0.1, -0.05) is 48.5 Å². The van der Waals surface area contributed by atoms with Crippen LogP contribution in [0.15, 0.2) is 65.6 Å². The molecular formula is C24H32N4O3S. The first-order valence-corrected chi connectivity index (χ1v) is 12.7. The molecule has 1 atom stereocenters. The zero-order chi connectivity index (χ0) is 22.6. The van der Waals surface area contributed by atoms with Crippen molar-refractivity contribution in [2.24, 2.45) is 0 Å².